The maximum absolute atomic E-state index is 12.0. The lowest BCUT2D eigenvalue weighted by Gasteiger charge is -2.30. The van der Waals surface area contributed by atoms with E-state index in [-0.39, 0.29) is 12.2 Å². The summed E-state index contributed by atoms with van der Waals surface area (Å²) >= 11 is 0. The molecular weight excluding hydrogens is 260 g/mol. The molecule has 1 rings (SSSR count). The number of rotatable bonds is 7. The van der Waals surface area contributed by atoms with Gasteiger partial charge in [-0.25, -0.2) is 9.78 Å². The number of hydrogen-bond donors (Lipinski definition) is 1. The predicted molar refractivity (Wildman–Crippen MR) is 74.7 cm³/mol. The molecule has 0 aliphatic heterocycles. The van der Waals surface area contributed by atoms with Crippen molar-refractivity contribution in [3.8, 4) is 0 Å². The van der Waals surface area contributed by atoms with Gasteiger partial charge in [-0.05, 0) is 26.7 Å². The van der Waals surface area contributed by atoms with Gasteiger partial charge in [0.1, 0.15) is 17.0 Å². The van der Waals surface area contributed by atoms with E-state index in [0.717, 1.165) is 0 Å². The summed E-state index contributed by atoms with van der Waals surface area (Å²) in [6.07, 6.45) is 2.61. The molecule has 0 bridgehead atoms. The van der Waals surface area contributed by atoms with E-state index in [1.807, 2.05) is 20.8 Å². The Morgan fingerprint density at radius 2 is 1.90 bits per heavy atom. The van der Waals surface area contributed by atoms with Crippen LogP contribution in [-0.2, 0) is 15.1 Å². The third-order valence-electron chi connectivity index (χ3n) is 3.29. The molecule has 0 fully saturated rings. The quantitative estimate of drug-likeness (QED) is 0.773. The van der Waals surface area contributed by atoms with Crippen LogP contribution in [0.3, 0.4) is 0 Å². The summed E-state index contributed by atoms with van der Waals surface area (Å²) in [5.41, 5.74) is -1.21. The average Bonchev–Trinajstić information content (AvgIpc) is 2.45. The number of carbonyl (C=O) groups is 1. The third kappa shape index (κ3) is 3.25. The maximum Gasteiger partial charge on any atom is 0.345 e. The Labute approximate surface area is 118 Å². The number of carbonyl (C=O) groups excluding carboxylic acids is 1. The molecule has 0 unspecified atom stereocenters. The predicted octanol–water partition coefficient (Wildman–Crippen LogP) is 2.00. The van der Waals surface area contributed by atoms with E-state index < -0.39 is 17.1 Å². The largest absolute Gasteiger partial charge is 0.462 e. The van der Waals surface area contributed by atoms with Crippen LogP contribution in [0.4, 0.5) is 0 Å². The van der Waals surface area contributed by atoms with Crippen molar-refractivity contribution in [3.63, 3.8) is 0 Å². The Morgan fingerprint density at radius 3 is 2.35 bits per heavy atom. The van der Waals surface area contributed by atoms with Crippen molar-refractivity contribution in [1.29, 1.82) is 0 Å². The SMILES string of the molecule is CCOC(=O)c1cnc(C(CC)(CC)OCC)[nH]c1=O. The summed E-state index contributed by atoms with van der Waals surface area (Å²) < 4.78 is 10.6. The fourth-order valence-corrected chi connectivity index (χ4v) is 2.11. The molecule has 1 heterocycles. The minimum atomic E-state index is -0.664. The second-order valence-electron chi connectivity index (χ2n) is 4.33. The summed E-state index contributed by atoms with van der Waals surface area (Å²) in [7, 11) is 0. The van der Waals surface area contributed by atoms with Gasteiger partial charge >= 0.3 is 5.97 Å². The average molecular weight is 282 g/mol. The molecule has 6 heteroatoms. The highest BCUT2D eigenvalue weighted by Gasteiger charge is 2.32. The summed E-state index contributed by atoms with van der Waals surface area (Å²) in [6, 6.07) is 0. The molecule has 1 aromatic heterocycles. The van der Waals surface area contributed by atoms with Gasteiger partial charge in [-0.2, -0.15) is 0 Å². The van der Waals surface area contributed by atoms with Gasteiger partial charge < -0.3 is 14.5 Å². The molecule has 0 aromatic carbocycles. The van der Waals surface area contributed by atoms with Crippen LogP contribution in [0.25, 0.3) is 0 Å². The van der Waals surface area contributed by atoms with E-state index in [1.165, 1.54) is 6.20 Å². The van der Waals surface area contributed by atoms with Crippen molar-refractivity contribution in [2.75, 3.05) is 13.2 Å². The number of aromatic nitrogens is 2. The number of nitrogens with zero attached hydrogens (tertiary/aromatic N) is 1. The standard InChI is InChI=1S/C14H22N2O4/c1-5-14(6-2,20-8-4)13-15-9-10(11(17)16-13)12(18)19-7-3/h9H,5-8H2,1-4H3,(H,15,16,17). The Hall–Kier alpha value is -1.69. The lowest BCUT2D eigenvalue weighted by molar-refractivity contribution is -0.0573. The molecule has 0 atom stereocenters. The highest BCUT2D eigenvalue weighted by molar-refractivity contribution is 5.88. The van der Waals surface area contributed by atoms with E-state index in [1.54, 1.807) is 6.92 Å². The molecular formula is C14H22N2O4. The van der Waals surface area contributed by atoms with Crippen molar-refractivity contribution < 1.29 is 14.3 Å². The second-order valence-corrected chi connectivity index (χ2v) is 4.33. The fourth-order valence-electron chi connectivity index (χ4n) is 2.11. The van der Waals surface area contributed by atoms with E-state index in [0.29, 0.717) is 25.3 Å². The first-order valence-corrected chi connectivity index (χ1v) is 6.95. The zero-order valence-electron chi connectivity index (χ0n) is 12.5. The molecule has 20 heavy (non-hydrogen) atoms. The van der Waals surface area contributed by atoms with Crippen LogP contribution < -0.4 is 5.56 Å². The summed E-state index contributed by atoms with van der Waals surface area (Å²) in [5, 5.41) is 0. The zero-order chi connectivity index (χ0) is 15.2. The molecule has 0 saturated heterocycles. The number of ether oxygens (including phenoxy) is 2. The van der Waals surface area contributed by atoms with Crippen LogP contribution in [0.1, 0.15) is 56.7 Å². The second kappa shape index (κ2) is 7.19. The van der Waals surface area contributed by atoms with Gasteiger partial charge in [0.15, 0.2) is 0 Å². The van der Waals surface area contributed by atoms with Gasteiger partial charge in [0.25, 0.3) is 5.56 Å². The maximum atomic E-state index is 12.0. The molecule has 0 aliphatic rings. The van der Waals surface area contributed by atoms with Gasteiger partial charge in [0.2, 0.25) is 0 Å². The van der Waals surface area contributed by atoms with Crippen molar-refractivity contribution in [2.45, 2.75) is 46.1 Å². The van der Waals surface area contributed by atoms with Gasteiger partial charge in [0, 0.05) is 12.8 Å². The molecule has 1 aromatic rings. The van der Waals surface area contributed by atoms with Gasteiger partial charge in [-0.3, -0.25) is 4.79 Å². The molecule has 0 radical (unpaired) electrons. The van der Waals surface area contributed by atoms with Crippen molar-refractivity contribution in [2.24, 2.45) is 0 Å². The lowest BCUT2D eigenvalue weighted by Crippen LogP contribution is -2.34. The van der Waals surface area contributed by atoms with Crippen molar-refractivity contribution >= 4 is 5.97 Å². The third-order valence-corrected chi connectivity index (χ3v) is 3.29. The molecule has 0 amide bonds. The smallest absolute Gasteiger partial charge is 0.345 e. The summed E-state index contributed by atoms with van der Waals surface area (Å²) in [6.45, 7) is 8.25. The Bertz CT molecular complexity index is 506. The Kier molecular flexibility index (Phi) is 5.88. The van der Waals surface area contributed by atoms with Crippen LogP contribution in [0.15, 0.2) is 11.0 Å². The van der Waals surface area contributed by atoms with E-state index >= 15 is 0 Å². The molecule has 0 spiro atoms. The first-order valence-electron chi connectivity index (χ1n) is 6.95. The summed E-state index contributed by atoms with van der Waals surface area (Å²) in [5.74, 6) is -0.217. The number of hydrogen-bond acceptors (Lipinski definition) is 5. The van der Waals surface area contributed by atoms with Gasteiger partial charge in [-0.1, -0.05) is 13.8 Å². The summed E-state index contributed by atoms with van der Waals surface area (Å²) in [4.78, 5) is 30.4. The lowest BCUT2D eigenvalue weighted by atomic mass is 9.96. The minimum absolute atomic E-state index is 0.0896. The normalized spacial score (nSPS) is 11.4. The molecule has 6 nitrogen and oxygen atoms in total. The van der Waals surface area contributed by atoms with Gasteiger partial charge in [0.05, 0.1) is 6.61 Å². The highest BCUT2D eigenvalue weighted by Crippen LogP contribution is 2.29. The molecule has 1 N–H and O–H groups in total. The van der Waals surface area contributed by atoms with E-state index in [4.69, 9.17) is 9.47 Å². The van der Waals surface area contributed by atoms with Crippen LogP contribution in [0, 0.1) is 0 Å². The van der Waals surface area contributed by atoms with Crippen LogP contribution in [0.2, 0.25) is 0 Å². The van der Waals surface area contributed by atoms with Crippen molar-refractivity contribution in [1.82, 2.24) is 9.97 Å². The number of nitrogens with one attached hydrogen (secondary N) is 1. The van der Waals surface area contributed by atoms with Crippen LogP contribution >= 0.6 is 0 Å². The Morgan fingerprint density at radius 1 is 1.25 bits per heavy atom. The van der Waals surface area contributed by atoms with E-state index in [2.05, 4.69) is 9.97 Å². The monoisotopic (exact) mass is 282 g/mol. The van der Waals surface area contributed by atoms with Crippen LogP contribution in [0.5, 0.6) is 0 Å². The van der Waals surface area contributed by atoms with Gasteiger partial charge in [-0.15, -0.1) is 0 Å². The first-order chi connectivity index (χ1) is 9.54. The number of aromatic amines is 1. The highest BCUT2D eigenvalue weighted by atomic mass is 16.5. The molecule has 0 aliphatic carbocycles. The fraction of sp³-hybridized carbons (Fsp3) is 0.643. The van der Waals surface area contributed by atoms with Crippen LogP contribution in [-0.4, -0.2) is 29.2 Å². The topological polar surface area (TPSA) is 81.3 Å². The minimum Gasteiger partial charge on any atom is -0.462 e. The molecule has 0 saturated carbocycles. The van der Waals surface area contributed by atoms with Crippen molar-refractivity contribution in [3.05, 3.63) is 27.9 Å². The molecule has 112 valence electrons. The Balaban J connectivity index is 3.19. The number of H-pyrrole nitrogens is 1. The zero-order valence-corrected chi connectivity index (χ0v) is 12.5. The first kappa shape index (κ1) is 16.4. The van der Waals surface area contributed by atoms with E-state index in [9.17, 15) is 9.59 Å². The number of esters is 1.